The van der Waals surface area contributed by atoms with Crippen LogP contribution in [0.4, 0.5) is 11.5 Å². The number of fused-ring (bicyclic) bond motifs is 1. The van der Waals surface area contributed by atoms with Gasteiger partial charge in [0.1, 0.15) is 17.4 Å². The Hall–Kier alpha value is -3.70. The largest absolute Gasteiger partial charge is 0.386 e. The molecule has 1 amide bonds. The van der Waals surface area contributed by atoms with Crippen LogP contribution >= 0.6 is 0 Å². The Kier molecular flexibility index (Phi) is 4.53. The summed E-state index contributed by atoms with van der Waals surface area (Å²) in [6, 6.07) is 9.31. The van der Waals surface area contributed by atoms with Crippen molar-refractivity contribution < 1.29 is 9.90 Å². The summed E-state index contributed by atoms with van der Waals surface area (Å²) in [7, 11) is 3.46. The number of hydrogen-bond acceptors (Lipinski definition) is 7. The van der Waals surface area contributed by atoms with Crippen LogP contribution in [0.5, 0.6) is 0 Å². The number of carbonyl (C=O) groups excluding carboxylic acids is 1. The van der Waals surface area contributed by atoms with E-state index in [0.717, 1.165) is 11.3 Å². The molecular weight excluding hydrogens is 368 g/mol. The van der Waals surface area contributed by atoms with Crippen LogP contribution < -0.4 is 11.1 Å². The van der Waals surface area contributed by atoms with Crippen LogP contribution in [0.3, 0.4) is 0 Å². The molecule has 4 N–H and O–H groups in total. The minimum Gasteiger partial charge on any atom is -0.386 e. The number of benzene rings is 1. The molecule has 8 heteroatoms. The maximum atomic E-state index is 12.1. The molecule has 0 saturated carbocycles. The van der Waals surface area contributed by atoms with Crippen molar-refractivity contribution in [3.63, 3.8) is 0 Å². The third kappa shape index (κ3) is 3.32. The van der Waals surface area contributed by atoms with Crippen LogP contribution in [-0.4, -0.2) is 57.1 Å². The van der Waals surface area contributed by atoms with E-state index >= 15 is 0 Å². The van der Waals surface area contributed by atoms with Gasteiger partial charge in [-0.1, -0.05) is 24.0 Å². The molecule has 0 spiro atoms. The van der Waals surface area contributed by atoms with Crippen molar-refractivity contribution in [2.75, 3.05) is 31.7 Å². The number of nitrogens with zero attached hydrogens (tertiary/aromatic N) is 4. The quantitative estimate of drug-likeness (QED) is 0.566. The summed E-state index contributed by atoms with van der Waals surface area (Å²) in [5, 5.41) is 13.6. The van der Waals surface area contributed by atoms with Crippen LogP contribution in [-0.2, 0) is 4.79 Å². The smallest absolute Gasteiger partial charge is 0.267 e. The highest BCUT2D eigenvalue weighted by Gasteiger charge is 2.42. The minimum absolute atomic E-state index is 0.298. The number of anilines is 2. The SMILES string of the molecule is CNc1cc(-c2cccc(C#C[C@]3(O)CCN(C)C3=O)c2)nc2c(N)ncnc12. The summed E-state index contributed by atoms with van der Waals surface area (Å²) < 4.78 is 0. The lowest BCUT2D eigenvalue weighted by Gasteiger charge is -2.13. The molecule has 8 nitrogen and oxygen atoms in total. The van der Waals surface area contributed by atoms with Gasteiger partial charge in [0.2, 0.25) is 5.60 Å². The highest BCUT2D eigenvalue weighted by molar-refractivity contribution is 5.95. The summed E-state index contributed by atoms with van der Waals surface area (Å²) in [6.07, 6.45) is 1.70. The highest BCUT2D eigenvalue weighted by atomic mass is 16.3. The molecule has 1 saturated heterocycles. The molecule has 3 heterocycles. The molecule has 1 aliphatic rings. The third-order valence-corrected chi connectivity index (χ3v) is 4.97. The van der Waals surface area contributed by atoms with Gasteiger partial charge >= 0.3 is 0 Å². The summed E-state index contributed by atoms with van der Waals surface area (Å²) >= 11 is 0. The maximum absolute atomic E-state index is 12.1. The summed E-state index contributed by atoms with van der Waals surface area (Å²) in [6.45, 7) is 0.487. The predicted molar refractivity (Wildman–Crippen MR) is 111 cm³/mol. The maximum Gasteiger partial charge on any atom is 0.267 e. The first-order valence-corrected chi connectivity index (χ1v) is 9.12. The van der Waals surface area contributed by atoms with Gasteiger partial charge < -0.3 is 21.1 Å². The Morgan fingerprint density at radius 2 is 2.10 bits per heavy atom. The van der Waals surface area contributed by atoms with Crippen molar-refractivity contribution >= 4 is 28.4 Å². The summed E-state index contributed by atoms with van der Waals surface area (Å²) in [5.41, 5.74) is 8.47. The van der Waals surface area contributed by atoms with E-state index in [0.29, 0.717) is 41.1 Å². The normalized spacial score (nSPS) is 18.6. The minimum atomic E-state index is -1.63. The lowest BCUT2D eigenvalue weighted by Crippen LogP contribution is -2.37. The Balaban J connectivity index is 1.75. The fourth-order valence-electron chi connectivity index (χ4n) is 3.30. The number of aromatic nitrogens is 3. The number of nitrogen functional groups attached to an aromatic ring is 1. The first-order valence-electron chi connectivity index (χ1n) is 9.12. The number of hydrogen-bond donors (Lipinski definition) is 3. The van der Waals surface area contributed by atoms with E-state index < -0.39 is 5.60 Å². The molecule has 4 rings (SSSR count). The van der Waals surface area contributed by atoms with Gasteiger partial charge in [-0.15, -0.1) is 0 Å². The fraction of sp³-hybridized carbons (Fsp3) is 0.238. The van der Waals surface area contributed by atoms with Crippen LogP contribution in [0.1, 0.15) is 12.0 Å². The van der Waals surface area contributed by atoms with Crippen molar-refractivity contribution in [3.8, 4) is 23.1 Å². The number of nitrogens with two attached hydrogens (primary N) is 1. The molecule has 3 aromatic rings. The zero-order valence-corrected chi connectivity index (χ0v) is 16.1. The molecular formula is C21H20N6O2. The number of carbonyl (C=O) groups is 1. The van der Waals surface area contributed by atoms with Gasteiger partial charge in [0.25, 0.3) is 5.91 Å². The van der Waals surface area contributed by atoms with Gasteiger partial charge in [0.05, 0.1) is 11.4 Å². The van der Waals surface area contributed by atoms with Gasteiger partial charge in [-0.05, 0) is 18.2 Å². The zero-order valence-electron chi connectivity index (χ0n) is 16.1. The van der Waals surface area contributed by atoms with E-state index in [4.69, 9.17) is 5.73 Å². The molecule has 0 bridgehead atoms. The number of aliphatic hydroxyl groups is 1. The standard InChI is InChI=1S/C21H20N6O2/c1-23-16-11-15(26-18-17(16)24-12-25-19(18)22)14-5-3-4-13(10-14)6-7-21(29)8-9-27(2)20(21)28/h3-5,10-12,29H,8-9H2,1-2H3,(H,23,26)(H2,22,24,25)/t21-/m0/s1. The van der Waals surface area contributed by atoms with Crippen molar-refractivity contribution in [1.82, 2.24) is 19.9 Å². The number of rotatable bonds is 2. The lowest BCUT2D eigenvalue weighted by atomic mass is 10.0. The van der Waals surface area contributed by atoms with Crippen molar-refractivity contribution in [2.24, 2.45) is 0 Å². The van der Waals surface area contributed by atoms with E-state index in [2.05, 4.69) is 32.1 Å². The molecule has 1 fully saturated rings. The molecule has 1 aliphatic heterocycles. The molecule has 1 aromatic carbocycles. The lowest BCUT2D eigenvalue weighted by molar-refractivity contribution is -0.137. The molecule has 0 unspecified atom stereocenters. The third-order valence-electron chi connectivity index (χ3n) is 4.97. The topological polar surface area (TPSA) is 117 Å². The van der Waals surface area contributed by atoms with Crippen LogP contribution in [0.25, 0.3) is 22.3 Å². The number of likely N-dealkylation sites (tertiary alicyclic amines) is 1. The average Bonchev–Trinajstić information content (AvgIpc) is 3.00. The number of likely N-dealkylation sites (N-methyl/N-ethyl adjacent to an activating group) is 1. The summed E-state index contributed by atoms with van der Waals surface area (Å²) in [5.74, 6) is 5.59. The Bertz CT molecular complexity index is 1180. The van der Waals surface area contributed by atoms with Crippen molar-refractivity contribution in [1.29, 1.82) is 0 Å². The summed E-state index contributed by atoms with van der Waals surface area (Å²) in [4.78, 5) is 26.5. The molecule has 2 aromatic heterocycles. The molecule has 146 valence electrons. The van der Waals surface area contributed by atoms with Crippen LogP contribution in [0.2, 0.25) is 0 Å². The van der Waals surface area contributed by atoms with Crippen molar-refractivity contribution in [2.45, 2.75) is 12.0 Å². The van der Waals surface area contributed by atoms with Gasteiger partial charge in [0.15, 0.2) is 5.82 Å². The van der Waals surface area contributed by atoms with Crippen LogP contribution in [0.15, 0.2) is 36.7 Å². The fourth-order valence-corrected chi connectivity index (χ4v) is 3.30. The van der Waals surface area contributed by atoms with E-state index in [1.54, 1.807) is 14.1 Å². The molecule has 29 heavy (non-hydrogen) atoms. The number of pyridine rings is 1. The number of nitrogens with one attached hydrogen (secondary N) is 1. The molecule has 0 radical (unpaired) electrons. The Morgan fingerprint density at radius 3 is 2.83 bits per heavy atom. The molecule has 0 aliphatic carbocycles. The first-order chi connectivity index (χ1) is 13.9. The monoisotopic (exact) mass is 388 g/mol. The Labute approximate surface area is 167 Å². The average molecular weight is 388 g/mol. The van der Waals surface area contributed by atoms with Gasteiger partial charge in [-0.3, -0.25) is 4.79 Å². The molecule has 1 atom stereocenters. The van der Waals surface area contributed by atoms with Crippen LogP contribution in [0, 0.1) is 11.8 Å². The number of amides is 1. The second-order valence-electron chi connectivity index (χ2n) is 6.93. The zero-order chi connectivity index (χ0) is 20.6. The van der Waals surface area contributed by atoms with Gasteiger partial charge in [-0.25, -0.2) is 15.0 Å². The highest BCUT2D eigenvalue weighted by Crippen LogP contribution is 2.29. The second-order valence-corrected chi connectivity index (χ2v) is 6.93. The second kappa shape index (κ2) is 7.04. The first kappa shape index (κ1) is 18.7. The van der Waals surface area contributed by atoms with E-state index in [1.807, 2.05) is 30.3 Å². The van der Waals surface area contributed by atoms with Crippen molar-refractivity contribution in [3.05, 3.63) is 42.2 Å². The Morgan fingerprint density at radius 1 is 1.28 bits per heavy atom. The van der Waals surface area contributed by atoms with E-state index in [9.17, 15) is 9.90 Å². The predicted octanol–water partition coefficient (Wildman–Crippen LogP) is 1.26. The van der Waals surface area contributed by atoms with E-state index in [1.165, 1.54) is 11.2 Å². The van der Waals surface area contributed by atoms with Gasteiger partial charge in [-0.2, -0.15) is 0 Å². The van der Waals surface area contributed by atoms with E-state index in [-0.39, 0.29) is 5.91 Å². The van der Waals surface area contributed by atoms with Gasteiger partial charge in [0, 0.05) is 38.2 Å².